The Balaban J connectivity index is 1.70. The molecule has 2 aromatic carbocycles. The molecule has 4 aromatic rings. The summed E-state index contributed by atoms with van der Waals surface area (Å²) in [4.78, 5) is 6.95. The van der Waals surface area contributed by atoms with Gasteiger partial charge < -0.3 is 14.8 Å². The summed E-state index contributed by atoms with van der Waals surface area (Å²) in [5.74, 6) is 0. The molecule has 3 heterocycles. The molecule has 0 aliphatic carbocycles. The molecule has 1 aliphatic heterocycles. The molecular weight excluding hydrogens is 504 g/mol. The highest BCUT2D eigenvalue weighted by Gasteiger charge is 2.42. The number of para-hydroxylation sites is 1. The monoisotopic (exact) mass is 530 g/mol. The molecule has 0 saturated carbocycles. The molecule has 6 heteroatoms. The molecule has 0 bridgehead atoms. The van der Waals surface area contributed by atoms with Gasteiger partial charge in [0.2, 0.25) is 0 Å². The molecule has 4 nitrogen and oxygen atoms in total. The number of rotatable bonds is 4. The van der Waals surface area contributed by atoms with Gasteiger partial charge in [0.1, 0.15) is 0 Å². The van der Waals surface area contributed by atoms with Crippen molar-refractivity contribution in [3.05, 3.63) is 111 Å². The third-order valence-electron chi connectivity index (χ3n) is 6.66. The van der Waals surface area contributed by atoms with Gasteiger partial charge >= 0.3 is 0 Å². The van der Waals surface area contributed by atoms with Crippen molar-refractivity contribution in [3.8, 4) is 5.69 Å². The summed E-state index contributed by atoms with van der Waals surface area (Å²) >= 11 is 9.56. The van der Waals surface area contributed by atoms with E-state index >= 15 is 0 Å². The number of thiocarbonyl (C=S) groups is 1. The summed E-state index contributed by atoms with van der Waals surface area (Å²) in [6.45, 7) is 8.65. The highest BCUT2D eigenvalue weighted by atomic mass is 79.9. The lowest BCUT2D eigenvalue weighted by Gasteiger charge is -2.28. The maximum Gasteiger partial charge on any atom is 0.174 e. The van der Waals surface area contributed by atoms with Gasteiger partial charge in [0, 0.05) is 33.4 Å². The Morgan fingerprint density at radius 1 is 0.912 bits per heavy atom. The maximum atomic E-state index is 5.92. The lowest BCUT2D eigenvalue weighted by atomic mass is 9.96. The summed E-state index contributed by atoms with van der Waals surface area (Å²) in [5.41, 5.74) is 9.33. The second kappa shape index (κ2) is 9.01. The van der Waals surface area contributed by atoms with Gasteiger partial charge in [0.05, 0.1) is 17.8 Å². The lowest BCUT2D eigenvalue weighted by Crippen LogP contribution is -2.29. The van der Waals surface area contributed by atoms with Gasteiger partial charge in [0.25, 0.3) is 0 Å². The summed E-state index contributed by atoms with van der Waals surface area (Å²) in [7, 11) is 0. The average Bonchev–Trinajstić information content (AvgIpc) is 3.32. The minimum Gasteiger partial charge on any atom is -0.351 e. The Morgan fingerprint density at radius 2 is 1.68 bits per heavy atom. The molecule has 2 atom stereocenters. The topological polar surface area (TPSA) is 33.1 Å². The second-order valence-corrected chi connectivity index (χ2v) is 10.1. The third kappa shape index (κ3) is 3.85. The van der Waals surface area contributed by atoms with Crippen LogP contribution < -0.4 is 10.2 Å². The second-order valence-electron chi connectivity index (χ2n) is 8.88. The van der Waals surface area contributed by atoms with Crippen LogP contribution in [0.2, 0.25) is 0 Å². The highest BCUT2D eigenvalue weighted by molar-refractivity contribution is 9.10. The third-order valence-corrected chi connectivity index (χ3v) is 7.87. The number of aromatic nitrogens is 2. The van der Waals surface area contributed by atoms with Crippen molar-refractivity contribution in [1.29, 1.82) is 0 Å². The van der Waals surface area contributed by atoms with Crippen LogP contribution in [0.4, 0.5) is 5.69 Å². The fraction of sp³-hybridized carbons (Fsp3) is 0.214. The number of pyridine rings is 1. The number of anilines is 1. The molecule has 1 saturated heterocycles. The van der Waals surface area contributed by atoms with Gasteiger partial charge in [-0.25, -0.2) is 0 Å². The van der Waals surface area contributed by atoms with Crippen LogP contribution in [0.3, 0.4) is 0 Å². The number of nitrogens with one attached hydrogen (secondary N) is 1. The van der Waals surface area contributed by atoms with E-state index in [1.165, 1.54) is 33.8 Å². The first-order valence-corrected chi connectivity index (χ1v) is 12.6. The molecule has 0 unspecified atom stereocenters. The predicted octanol–water partition coefficient (Wildman–Crippen LogP) is 7.05. The number of halogens is 1. The predicted molar refractivity (Wildman–Crippen MR) is 147 cm³/mol. The molecule has 1 aliphatic rings. The van der Waals surface area contributed by atoms with Gasteiger partial charge in [-0.15, -0.1) is 0 Å². The van der Waals surface area contributed by atoms with E-state index in [-0.39, 0.29) is 12.1 Å². The van der Waals surface area contributed by atoms with Crippen LogP contribution in [0, 0.1) is 27.7 Å². The SMILES string of the molecule is Cc1cc(N2C(=S)N[C@H](c3ccccn3)[C@H]2c2cc(C)n(-c3ccccc3C)c2C)ccc1Br. The molecule has 1 fully saturated rings. The van der Waals surface area contributed by atoms with Crippen LogP contribution in [0.15, 0.2) is 77.4 Å². The molecule has 0 amide bonds. The first kappa shape index (κ1) is 22.8. The Morgan fingerprint density at radius 3 is 2.38 bits per heavy atom. The summed E-state index contributed by atoms with van der Waals surface area (Å²) in [6.07, 6.45) is 1.85. The van der Waals surface area contributed by atoms with Gasteiger partial charge in [-0.1, -0.05) is 40.2 Å². The van der Waals surface area contributed by atoms with Crippen molar-refractivity contribution in [2.75, 3.05) is 4.90 Å². The molecule has 172 valence electrons. The lowest BCUT2D eigenvalue weighted by molar-refractivity contribution is 0.565. The molecule has 0 spiro atoms. The van der Waals surface area contributed by atoms with Crippen LogP contribution in [-0.2, 0) is 0 Å². The van der Waals surface area contributed by atoms with Crippen molar-refractivity contribution in [3.63, 3.8) is 0 Å². The highest BCUT2D eigenvalue weighted by Crippen LogP contribution is 2.44. The fourth-order valence-electron chi connectivity index (χ4n) is 5.00. The van der Waals surface area contributed by atoms with E-state index in [4.69, 9.17) is 17.2 Å². The molecular formula is C28H27BrN4S. The Hall–Kier alpha value is -2.96. The molecule has 1 N–H and O–H groups in total. The van der Waals surface area contributed by atoms with Crippen molar-refractivity contribution >= 4 is 38.9 Å². The van der Waals surface area contributed by atoms with Crippen molar-refractivity contribution in [2.24, 2.45) is 0 Å². The largest absolute Gasteiger partial charge is 0.351 e. The minimum atomic E-state index is -0.0662. The van der Waals surface area contributed by atoms with Gasteiger partial charge in [-0.2, -0.15) is 0 Å². The van der Waals surface area contributed by atoms with E-state index in [0.29, 0.717) is 5.11 Å². The molecule has 0 radical (unpaired) electrons. The van der Waals surface area contributed by atoms with Crippen LogP contribution in [0.1, 0.15) is 45.9 Å². The van der Waals surface area contributed by atoms with E-state index in [1.54, 1.807) is 0 Å². The number of benzene rings is 2. The zero-order valence-corrected chi connectivity index (χ0v) is 22.1. The zero-order chi connectivity index (χ0) is 24.0. The van der Waals surface area contributed by atoms with Crippen molar-refractivity contribution in [2.45, 2.75) is 39.8 Å². The van der Waals surface area contributed by atoms with E-state index in [9.17, 15) is 0 Å². The maximum absolute atomic E-state index is 5.92. The summed E-state index contributed by atoms with van der Waals surface area (Å²) in [5, 5.41) is 4.29. The van der Waals surface area contributed by atoms with Crippen molar-refractivity contribution < 1.29 is 0 Å². The van der Waals surface area contributed by atoms with Gasteiger partial charge in [0.15, 0.2) is 5.11 Å². The van der Waals surface area contributed by atoms with E-state index < -0.39 is 0 Å². The molecule has 34 heavy (non-hydrogen) atoms. The van der Waals surface area contributed by atoms with Crippen LogP contribution in [0.5, 0.6) is 0 Å². The standard InChI is InChI=1S/C28H27BrN4S/c1-17-9-5-6-11-25(17)32-19(3)16-22(20(32)4)27-26(24-10-7-8-14-30-24)31-28(34)33(27)21-12-13-23(29)18(2)15-21/h5-16,26-27H,1-4H3,(H,31,34)/t26-,27-/m1/s1. The quantitative estimate of drug-likeness (QED) is 0.286. The molecule has 2 aromatic heterocycles. The van der Waals surface area contributed by atoms with Crippen LogP contribution >= 0.6 is 28.1 Å². The average molecular weight is 532 g/mol. The fourth-order valence-corrected chi connectivity index (χ4v) is 5.59. The number of aryl methyl sites for hydroxylation is 3. The molecule has 5 rings (SSSR count). The van der Waals surface area contributed by atoms with Gasteiger partial charge in [-0.05, 0) is 99.1 Å². The Labute approximate surface area is 214 Å². The smallest absolute Gasteiger partial charge is 0.174 e. The van der Waals surface area contributed by atoms with E-state index in [0.717, 1.165) is 15.9 Å². The minimum absolute atomic E-state index is 0.0352. The summed E-state index contributed by atoms with van der Waals surface area (Å²) in [6, 6.07) is 23.2. The first-order chi connectivity index (χ1) is 16.4. The Kier molecular flexibility index (Phi) is 6.04. The number of hydrogen-bond donors (Lipinski definition) is 1. The number of hydrogen-bond acceptors (Lipinski definition) is 2. The van der Waals surface area contributed by atoms with Crippen molar-refractivity contribution in [1.82, 2.24) is 14.9 Å². The Bertz CT molecular complexity index is 1380. The van der Waals surface area contributed by atoms with E-state index in [2.05, 4.69) is 113 Å². The first-order valence-electron chi connectivity index (χ1n) is 11.4. The summed E-state index contributed by atoms with van der Waals surface area (Å²) < 4.78 is 3.44. The van der Waals surface area contributed by atoms with Crippen LogP contribution in [-0.4, -0.2) is 14.7 Å². The normalized spacial score (nSPS) is 17.8. The van der Waals surface area contributed by atoms with Crippen LogP contribution in [0.25, 0.3) is 5.69 Å². The van der Waals surface area contributed by atoms with E-state index in [1.807, 2.05) is 18.3 Å². The number of nitrogens with zero attached hydrogens (tertiary/aromatic N) is 3. The zero-order valence-electron chi connectivity index (χ0n) is 19.7. The van der Waals surface area contributed by atoms with Gasteiger partial charge in [-0.3, -0.25) is 4.98 Å².